The smallest absolute Gasteiger partial charge is 0.344 e. The van der Waals surface area contributed by atoms with Crippen molar-refractivity contribution in [1.82, 2.24) is 0 Å². The molecule has 3 aromatic carbocycles. The van der Waals surface area contributed by atoms with E-state index in [0.29, 0.717) is 38.4 Å². The minimum Gasteiger partial charge on any atom is -0.497 e. The molecule has 6 nitrogen and oxygen atoms in total. The summed E-state index contributed by atoms with van der Waals surface area (Å²) in [4.78, 5) is 25.2. The van der Waals surface area contributed by atoms with Crippen molar-refractivity contribution in [2.45, 2.75) is 0 Å². The fourth-order valence-corrected chi connectivity index (χ4v) is 3.37. The number of carbonyl (C=O) groups excluding carboxylic acids is 2. The van der Waals surface area contributed by atoms with E-state index in [1.165, 1.54) is 27.4 Å². The Labute approximate surface area is 194 Å². The molecule has 0 atom stereocenters. The number of halogens is 1. The van der Waals surface area contributed by atoms with E-state index in [1.54, 1.807) is 60.7 Å². The number of allylic oxidation sites excluding steroid dienone is 1. The van der Waals surface area contributed by atoms with Gasteiger partial charge in [-0.15, -0.1) is 0 Å². The number of rotatable bonds is 8. The van der Waals surface area contributed by atoms with Gasteiger partial charge in [-0.3, -0.25) is 4.79 Å². The highest BCUT2D eigenvalue weighted by Crippen LogP contribution is 2.30. The summed E-state index contributed by atoms with van der Waals surface area (Å²) in [5.74, 6) is 0.876. The van der Waals surface area contributed by atoms with Crippen LogP contribution < -0.4 is 18.9 Å². The van der Waals surface area contributed by atoms with Crippen molar-refractivity contribution in [3.05, 3.63) is 87.9 Å². The molecule has 0 amide bonds. The number of ketones is 1. The predicted octanol–water partition coefficient (Wildman–Crippen LogP) is 5.59. The Morgan fingerprint density at radius 1 is 0.781 bits per heavy atom. The summed E-state index contributed by atoms with van der Waals surface area (Å²) in [6, 6.07) is 17.0. The number of hydrogen-bond donors (Lipinski definition) is 0. The third-order valence-corrected chi connectivity index (χ3v) is 5.27. The second-order valence-electron chi connectivity index (χ2n) is 6.54. The number of methoxy groups -OCH3 is 3. The molecule has 0 heterocycles. The van der Waals surface area contributed by atoms with E-state index in [9.17, 15) is 9.59 Å². The Morgan fingerprint density at radius 3 is 2.19 bits per heavy atom. The molecule has 0 aromatic heterocycles. The van der Waals surface area contributed by atoms with Crippen LogP contribution in [0.2, 0.25) is 0 Å². The number of hydrogen-bond acceptors (Lipinski definition) is 6. The standard InChI is InChI=1S/C25H21BrO6/c1-29-17-10-13-22(30-2)19(15-17)21(27)11-8-16-9-12-23(24(14-16)31-3)32-25(28)18-6-4-5-7-20(18)26/h4-15H,1-3H3/b11-8+. The predicted molar refractivity (Wildman–Crippen MR) is 125 cm³/mol. The fraction of sp³-hybridized carbons (Fsp3) is 0.120. The van der Waals surface area contributed by atoms with Crippen LogP contribution in [0.1, 0.15) is 26.3 Å². The Balaban J connectivity index is 1.80. The van der Waals surface area contributed by atoms with Gasteiger partial charge in [-0.1, -0.05) is 24.3 Å². The van der Waals surface area contributed by atoms with E-state index >= 15 is 0 Å². The van der Waals surface area contributed by atoms with Crippen LogP contribution in [0.15, 0.2) is 71.2 Å². The van der Waals surface area contributed by atoms with Gasteiger partial charge in [0.2, 0.25) is 0 Å². The van der Waals surface area contributed by atoms with Crippen LogP contribution in [0.4, 0.5) is 0 Å². The quantitative estimate of drug-likeness (QED) is 0.175. The molecular weight excluding hydrogens is 476 g/mol. The third kappa shape index (κ3) is 5.36. The van der Waals surface area contributed by atoms with Crippen molar-refractivity contribution < 1.29 is 28.5 Å². The molecule has 7 heteroatoms. The topological polar surface area (TPSA) is 71.1 Å². The second-order valence-corrected chi connectivity index (χ2v) is 7.40. The zero-order valence-electron chi connectivity index (χ0n) is 17.8. The summed E-state index contributed by atoms with van der Waals surface area (Å²) in [5, 5.41) is 0. The first-order chi connectivity index (χ1) is 15.5. The molecular formula is C25H21BrO6. The second kappa shape index (κ2) is 10.6. The third-order valence-electron chi connectivity index (χ3n) is 4.58. The monoisotopic (exact) mass is 496 g/mol. The largest absolute Gasteiger partial charge is 0.497 e. The zero-order valence-corrected chi connectivity index (χ0v) is 19.3. The highest BCUT2D eigenvalue weighted by Gasteiger charge is 2.15. The minimum absolute atomic E-state index is 0.246. The van der Waals surface area contributed by atoms with E-state index in [0.717, 1.165) is 0 Å². The molecule has 0 aliphatic heterocycles. The number of esters is 1. The van der Waals surface area contributed by atoms with Crippen LogP contribution in [-0.2, 0) is 0 Å². The van der Waals surface area contributed by atoms with Crippen LogP contribution in [0.5, 0.6) is 23.0 Å². The molecule has 0 aliphatic rings. The van der Waals surface area contributed by atoms with Crippen molar-refractivity contribution in [2.24, 2.45) is 0 Å². The summed E-state index contributed by atoms with van der Waals surface area (Å²) in [5.41, 5.74) is 1.48. The number of ether oxygens (including phenoxy) is 4. The highest BCUT2D eigenvalue weighted by molar-refractivity contribution is 9.10. The Morgan fingerprint density at radius 2 is 1.50 bits per heavy atom. The average Bonchev–Trinajstić information content (AvgIpc) is 2.82. The molecule has 0 bridgehead atoms. The van der Waals surface area contributed by atoms with Crippen molar-refractivity contribution >= 4 is 33.8 Å². The lowest BCUT2D eigenvalue weighted by Crippen LogP contribution is -2.10. The molecule has 3 aromatic rings. The molecule has 0 saturated heterocycles. The van der Waals surface area contributed by atoms with Crippen LogP contribution in [0.25, 0.3) is 6.08 Å². The Bertz CT molecular complexity index is 1170. The van der Waals surface area contributed by atoms with E-state index in [4.69, 9.17) is 18.9 Å². The maximum Gasteiger partial charge on any atom is 0.344 e. The van der Waals surface area contributed by atoms with E-state index in [1.807, 2.05) is 6.07 Å². The molecule has 164 valence electrons. The van der Waals surface area contributed by atoms with Crippen LogP contribution >= 0.6 is 15.9 Å². The Kier molecular flexibility index (Phi) is 7.68. The van der Waals surface area contributed by atoms with Crippen molar-refractivity contribution in [3.8, 4) is 23.0 Å². The summed E-state index contributed by atoms with van der Waals surface area (Å²) in [7, 11) is 4.51. The summed E-state index contributed by atoms with van der Waals surface area (Å²) < 4.78 is 22.0. The first-order valence-electron chi connectivity index (χ1n) is 9.56. The van der Waals surface area contributed by atoms with Gasteiger partial charge in [0.05, 0.1) is 32.5 Å². The molecule has 0 N–H and O–H groups in total. The van der Waals surface area contributed by atoms with E-state index in [2.05, 4.69) is 15.9 Å². The molecule has 0 radical (unpaired) electrons. The maximum atomic E-state index is 12.7. The molecule has 0 fully saturated rings. The van der Waals surface area contributed by atoms with E-state index < -0.39 is 5.97 Å². The van der Waals surface area contributed by atoms with Crippen LogP contribution in [-0.4, -0.2) is 33.1 Å². The van der Waals surface area contributed by atoms with Crippen molar-refractivity contribution in [2.75, 3.05) is 21.3 Å². The number of carbonyl (C=O) groups is 2. The molecule has 3 rings (SSSR count). The normalized spacial score (nSPS) is 10.6. The average molecular weight is 497 g/mol. The van der Waals surface area contributed by atoms with Gasteiger partial charge in [0.15, 0.2) is 17.3 Å². The van der Waals surface area contributed by atoms with E-state index in [-0.39, 0.29) is 11.5 Å². The molecule has 0 saturated carbocycles. The van der Waals surface area contributed by atoms with Gasteiger partial charge in [-0.25, -0.2) is 4.79 Å². The molecule has 0 spiro atoms. The SMILES string of the molecule is COc1ccc(OC)c(C(=O)/C=C/c2ccc(OC(=O)c3ccccc3Br)c(OC)c2)c1. The van der Waals surface area contributed by atoms with Gasteiger partial charge in [0, 0.05) is 4.47 Å². The van der Waals surface area contributed by atoms with Crippen LogP contribution in [0, 0.1) is 0 Å². The first kappa shape index (κ1) is 23.1. The minimum atomic E-state index is -0.514. The fourth-order valence-electron chi connectivity index (χ4n) is 2.92. The molecule has 32 heavy (non-hydrogen) atoms. The number of benzene rings is 3. The summed E-state index contributed by atoms with van der Waals surface area (Å²) >= 11 is 3.34. The van der Waals surface area contributed by atoms with Crippen molar-refractivity contribution in [1.29, 1.82) is 0 Å². The van der Waals surface area contributed by atoms with Gasteiger partial charge >= 0.3 is 5.97 Å². The van der Waals surface area contributed by atoms with Crippen LogP contribution in [0.3, 0.4) is 0 Å². The van der Waals surface area contributed by atoms with Gasteiger partial charge in [0.1, 0.15) is 11.5 Å². The lowest BCUT2D eigenvalue weighted by molar-refractivity contribution is 0.0728. The lowest BCUT2D eigenvalue weighted by atomic mass is 10.1. The van der Waals surface area contributed by atoms with Crippen molar-refractivity contribution in [3.63, 3.8) is 0 Å². The lowest BCUT2D eigenvalue weighted by Gasteiger charge is -2.11. The zero-order chi connectivity index (χ0) is 23.1. The highest BCUT2D eigenvalue weighted by atomic mass is 79.9. The first-order valence-corrected chi connectivity index (χ1v) is 10.3. The maximum absolute atomic E-state index is 12.7. The summed E-state index contributed by atoms with van der Waals surface area (Å²) in [6.45, 7) is 0. The van der Waals surface area contributed by atoms with Gasteiger partial charge in [-0.2, -0.15) is 0 Å². The Hall–Kier alpha value is -3.58. The van der Waals surface area contributed by atoms with Gasteiger partial charge < -0.3 is 18.9 Å². The van der Waals surface area contributed by atoms with Gasteiger partial charge in [0.25, 0.3) is 0 Å². The summed E-state index contributed by atoms with van der Waals surface area (Å²) in [6.07, 6.45) is 3.07. The molecule has 0 unspecified atom stereocenters. The molecule has 0 aliphatic carbocycles. The van der Waals surface area contributed by atoms with Gasteiger partial charge in [-0.05, 0) is 70.0 Å².